The summed E-state index contributed by atoms with van der Waals surface area (Å²) in [5.41, 5.74) is 4.96. The second-order valence-electron chi connectivity index (χ2n) is 2.69. The Balaban J connectivity index is 3.01. The van der Waals surface area contributed by atoms with Crippen molar-refractivity contribution in [3.63, 3.8) is 0 Å². The molecule has 0 amide bonds. The van der Waals surface area contributed by atoms with Crippen molar-refractivity contribution in [3.05, 3.63) is 23.4 Å². The van der Waals surface area contributed by atoms with E-state index in [2.05, 4.69) is 4.98 Å². The van der Waals surface area contributed by atoms with Crippen LogP contribution in [0.3, 0.4) is 0 Å². The molecule has 1 heterocycles. The van der Waals surface area contributed by atoms with Crippen LogP contribution in [0.5, 0.6) is 0 Å². The van der Waals surface area contributed by atoms with Crippen molar-refractivity contribution in [2.45, 2.75) is 12.8 Å². The second kappa shape index (κ2) is 3.99. The van der Waals surface area contributed by atoms with Crippen LogP contribution in [0.4, 0.5) is 14.6 Å². The van der Waals surface area contributed by atoms with E-state index >= 15 is 0 Å². The molecule has 0 fully saturated rings. The molecule has 0 aliphatic heterocycles. The summed E-state index contributed by atoms with van der Waals surface area (Å²) in [7, 11) is 0. The van der Waals surface area contributed by atoms with E-state index in [0.717, 1.165) is 12.1 Å². The summed E-state index contributed by atoms with van der Waals surface area (Å²) in [5.74, 6) is -1.23. The topological polar surface area (TPSA) is 76.2 Å². The zero-order valence-corrected chi connectivity index (χ0v) is 7.08. The number of nitrogen functional groups attached to an aromatic ring is 1. The Kier molecular flexibility index (Phi) is 2.95. The minimum Gasteiger partial charge on any atom is -0.481 e. The summed E-state index contributed by atoms with van der Waals surface area (Å²) in [6, 6.07) is 2.06. The van der Waals surface area contributed by atoms with Crippen LogP contribution in [0.1, 0.15) is 17.7 Å². The molecule has 1 aromatic heterocycles. The Labute approximate surface area is 78.4 Å². The maximum atomic E-state index is 12.2. The highest BCUT2D eigenvalue weighted by Gasteiger charge is 2.11. The number of hydrogen-bond acceptors (Lipinski definition) is 3. The normalized spacial score (nSPS) is 10.5. The second-order valence-corrected chi connectivity index (χ2v) is 2.69. The number of carboxylic acid groups (broad SMARTS) is 1. The first-order chi connectivity index (χ1) is 6.49. The van der Waals surface area contributed by atoms with E-state index in [9.17, 15) is 13.6 Å². The summed E-state index contributed by atoms with van der Waals surface area (Å²) in [5, 5.41) is 8.42. The summed E-state index contributed by atoms with van der Waals surface area (Å²) >= 11 is 0. The summed E-state index contributed by atoms with van der Waals surface area (Å²) < 4.78 is 24.5. The summed E-state index contributed by atoms with van der Waals surface area (Å²) in [4.78, 5) is 13.9. The van der Waals surface area contributed by atoms with E-state index in [1.807, 2.05) is 0 Å². The van der Waals surface area contributed by atoms with Crippen molar-refractivity contribution >= 4 is 11.8 Å². The van der Waals surface area contributed by atoms with Crippen molar-refractivity contribution in [1.82, 2.24) is 4.98 Å². The Bertz CT molecular complexity index is 355. The molecule has 0 unspecified atom stereocenters. The molecule has 76 valence electrons. The van der Waals surface area contributed by atoms with Crippen molar-refractivity contribution in [1.29, 1.82) is 0 Å². The quantitative estimate of drug-likeness (QED) is 0.772. The van der Waals surface area contributed by atoms with E-state index in [-0.39, 0.29) is 17.1 Å². The molecule has 0 bridgehead atoms. The molecule has 0 spiro atoms. The Morgan fingerprint density at radius 2 is 2.21 bits per heavy atom. The largest absolute Gasteiger partial charge is 0.481 e. The van der Waals surface area contributed by atoms with Gasteiger partial charge >= 0.3 is 5.97 Å². The lowest BCUT2D eigenvalue weighted by Gasteiger charge is -2.03. The fourth-order valence-electron chi connectivity index (χ4n) is 1.01. The number of anilines is 1. The molecule has 0 atom stereocenters. The molecule has 0 radical (unpaired) electrons. The van der Waals surface area contributed by atoms with E-state index in [0.29, 0.717) is 0 Å². The first-order valence-electron chi connectivity index (χ1n) is 3.75. The van der Waals surface area contributed by atoms with Gasteiger partial charge in [-0.2, -0.15) is 0 Å². The molecule has 0 saturated heterocycles. The summed E-state index contributed by atoms with van der Waals surface area (Å²) in [6.07, 6.45) is -3.09. The third kappa shape index (κ3) is 2.65. The van der Waals surface area contributed by atoms with Gasteiger partial charge in [-0.25, -0.2) is 13.8 Å². The molecule has 14 heavy (non-hydrogen) atoms. The van der Waals surface area contributed by atoms with Crippen LogP contribution < -0.4 is 5.73 Å². The number of nitrogens with two attached hydrogens (primary N) is 1. The van der Waals surface area contributed by atoms with Gasteiger partial charge < -0.3 is 10.8 Å². The van der Waals surface area contributed by atoms with Gasteiger partial charge in [0, 0.05) is 5.56 Å². The predicted octanol–water partition coefficient (Wildman–Crippen LogP) is 1.23. The van der Waals surface area contributed by atoms with Gasteiger partial charge in [-0.3, -0.25) is 4.79 Å². The Hall–Kier alpha value is -1.72. The number of nitrogens with zero attached hydrogens (tertiary/aromatic N) is 1. The van der Waals surface area contributed by atoms with Crippen LogP contribution in [-0.2, 0) is 11.2 Å². The van der Waals surface area contributed by atoms with E-state index in [1.165, 1.54) is 0 Å². The number of aromatic nitrogens is 1. The number of aliphatic carboxylic acids is 1. The molecule has 0 aliphatic carbocycles. The monoisotopic (exact) mass is 202 g/mol. The minimum absolute atomic E-state index is 0.0350. The highest BCUT2D eigenvalue weighted by molar-refractivity contribution is 5.69. The van der Waals surface area contributed by atoms with Gasteiger partial charge in [-0.05, 0) is 12.1 Å². The van der Waals surface area contributed by atoms with Crippen LogP contribution >= 0.6 is 0 Å². The molecule has 4 nitrogen and oxygen atoms in total. The minimum atomic E-state index is -2.67. The maximum Gasteiger partial charge on any atom is 0.309 e. The molecule has 1 rings (SSSR count). The number of carboxylic acids is 1. The number of pyridine rings is 1. The van der Waals surface area contributed by atoms with Crippen molar-refractivity contribution in [2.24, 2.45) is 0 Å². The average Bonchev–Trinajstić information content (AvgIpc) is 2.01. The van der Waals surface area contributed by atoms with Crippen molar-refractivity contribution in [2.75, 3.05) is 5.73 Å². The SMILES string of the molecule is Nc1cc(C(F)F)cc(CC(=O)O)n1. The Morgan fingerprint density at radius 1 is 1.57 bits per heavy atom. The molecule has 0 saturated carbocycles. The molecule has 6 heteroatoms. The smallest absolute Gasteiger partial charge is 0.309 e. The van der Waals surface area contributed by atoms with Crippen LogP contribution in [0.15, 0.2) is 12.1 Å². The fourth-order valence-corrected chi connectivity index (χ4v) is 1.01. The van der Waals surface area contributed by atoms with Gasteiger partial charge in [-0.15, -0.1) is 0 Å². The molecule has 0 aromatic carbocycles. The predicted molar refractivity (Wildman–Crippen MR) is 44.9 cm³/mol. The van der Waals surface area contributed by atoms with Gasteiger partial charge in [-0.1, -0.05) is 0 Å². The molecular weight excluding hydrogens is 194 g/mol. The first kappa shape index (κ1) is 10.4. The van der Waals surface area contributed by atoms with Gasteiger partial charge in [0.25, 0.3) is 6.43 Å². The highest BCUT2D eigenvalue weighted by atomic mass is 19.3. The third-order valence-electron chi connectivity index (χ3n) is 1.50. The van der Waals surface area contributed by atoms with Crippen LogP contribution in [0.2, 0.25) is 0 Å². The standard InChI is InChI=1S/C8H8F2N2O2/c9-8(10)4-1-5(3-7(13)14)12-6(11)2-4/h1-2,8H,3H2,(H2,11,12)(H,13,14). The number of halogens is 2. The van der Waals surface area contributed by atoms with E-state index in [4.69, 9.17) is 10.8 Å². The molecule has 1 aromatic rings. The van der Waals surface area contributed by atoms with E-state index < -0.39 is 18.8 Å². The first-order valence-corrected chi connectivity index (χ1v) is 3.75. The lowest BCUT2D eigenvalue weighted by Crippen LogP contribution is -2.05. The number of rotatable bonds is 3. The molecular formula is C8H8F2N2O2. The van der Waals surface area contributed by atoms with Gasteiger partial charge in [0.2, 0.25) is 0 Å². The number of hydrogen-bond donors (Lipinski definition) is 2. The zero-order valence-electron chi connectivity index (χ0n) is 7.08. The van der Waals surface area contributed by atoms with E-state index in [1.54, 1.807) is 0 Å². The third-order valence-corrected chi connectivity index (χ3v) is 1.50. The van der Waals surface area contributed by atoms with Gasteiger partial charge in [0.1, 0.15) is 5.82 Å². The maximum absolute atomic E-state index is 12.2. The summed E-state index contributed by atoms with van der Waals surface area (Å²) in [6.45, 7) is 0. The van der Waals surface area contributed by atoms with Crippen LogP contribution in [0, 0.1) is 0 Å². The molecule has 0 aliphatic rings. The number of alkyl halides is 2. The lowest BCUT2D eigenvalue weighted by atomic mass is 10.2. The average molecular weight is 202 g/mol. The van der Waals surface area contributed by atoms with Crippen molar-refractivity contribution in [3.8, 4) is 0 Å². The highest BCUT2D eigenvalue weighted by Crippen LogP contribution is 2.20. The van der Waals surface area contributed by atoms with Crippen LogP contribution in [-0.4, -0.2) is 16.1 Å². The van der Waals surface area contributed by atoms with Gasteiger partial charge in [0.15, 0.2) is 0 Å². The van der Waals surface area contributed by atoms with Crippen molar-refractivity contribution < 1.29 is 18.7 Å². The fraction of sp³-hybridized carbons (Fsp3) is 0.250. The zero-order chi connectivity index (χ0) is 10.7. The molecule has 3 N–H and O–H groups in total. The van der Waals surface area contributed by atoms with Gasteiger partial charge in [0.05, 0.1) is 12.1 Å². The lowest BCUT2D eigenvalue weighted by molar-refractivity contribution is -0.136. The van der Waals surface area contributed by atoms with Crippen LogP contribution in [0.25, 0.3) is 0 Å². The number of carbonyl (C=O) groups is 1. The Morgan fingerprint density at radius 3 is 2.71 bits per heavy atom.